The zero-order chi connectivity index (χ0) is 27.4. The first-order valence-electron chi connectivity index (χ1n) is 11.8. The van der Waals surface area contributed by atoms with Crippen LogP contribution < -0.4 is 15.4 Å². The lowest BCUT2D eigenvalue weighted by molar-refractivity contribution is 0.0898. The molecule has 2 aromatic heterocycles. The van der Waals surface area contributed by atoms with Crippen molar-refractivity contribution in [1.29, 1.82) is 0 Å². The molecule has 3 N–H and O–H groups in total. The van der Waals surface area contributed by atoms with E-state index in [0.717, 1.165) is 21.7 Å². The number of hydrogen-bond donors (Lipinski definition) is 3. The van der Waals surface area contributed by atoms with E-state index >= 15 is 0 Å². The van der Waals surface area contributed by atoms with Crippen molar-refractivity contribution >= 4 is 64.7 Å². The molecule has 0 atom stereocenters. The van der Waals surface area contributed by atoms with E-state index in [1.807, 2.05) is 24.6 Å². The van der Waals surface area contributed by atoms with Crippen LogP contribution in [0.4, 0.5) is 14.5 Å². The number of fused-ring (bicyclic) bond motifs is 1. The van der Waals surface area contributed by atoms with Gasteiger partial charge in [0, 0.05) is 67.0 Å². The molecule has 3 rings (SSSR count). The Morgan fingerprint density at radius 1 is 1.24 bits per heavy atom. The van der Waals surface area contributed by atoms with Crippen molar-refractivity contribution in [2.75, 3.05) is 25.1 Å². The lowest BCUT2D eigenvalue weighted by Crippen LogP contribution is -2.38. The molecule has 202 valence electrons. The van der Waals surface area contributed by atoms with Gasteiger partial charge in [0.05, 0.1) is 5.39 Å². The number of aromatic nitrogens is 2. The van der Waals surface area contributed by atoms with Crippen molar-refractivity contribution in [3.63, 3.8) is 0 Å². The van der Waals surface area contributed by atoms with E-state index in [4.69, 9.17) is 21.7 Å². The fourth-order valence-corrected chi connectivity index (χ4v) is 5.04. The second-order valence-corrected chi connectivity index (χ2v) is 18.0. The highest BCUT2D eigenvalue weighted by Gasteiger charge is 2.20. The summed E-state index contributed by atoms with van der Waals surface area (Å²) in [6, 6.07) is 4.86. The van der Waals surface area contributed by atoms with Crippen LogP contribution in [0.5, 0.6) is 11.5 Å². The van der Waals surface area contributed by atoms with Gasteiger partial charge < -0.3 is 29.8 Å². The van der Waals surface area contributed by atoms with Crippen LogP contribution in [0.3, 0.4) is 0 Å². The van der Waals surface area contributed by atoms with Gasteiger partial charge in [-0.3, -0.25) is 0 Å². The largest absolute Gasteiger partial charge is 0.450 e. The minimum absolute atomic E-state index is 0.0336. The molecule has 0 saturated carbocycles. The molecule has 0 radical (unpaired) electrons. The average Bonchev–Trinajstić information content (AvgIpc) is 3.13. The predicted molar refractivity (Wildman–Crippen MR) is 158 cm³/mol. The number of rotatable bonds is 11. The predicted octanol–water partition coefficient (Wildman–Crippen LogP) is 6.33. The highest BCUT2D eigenvalue weighted by molar-refractivity contribution is 14.1. The number of aliphatic hydroxyl groups is 1. The van der Waals surface area contributed by atoms with Crippen LogP contribution in [0.25, 0.3) is 11.0 Å². The average molecular weight is 663 g/mol. The van der Waals surface area contributed by atoms with Crippen LogP contribution in [-0.2, 0) is 11.5 Å². The highest BCUT2D eigenvalue weighted by Crippen LogP contribution is 2.36. The molecule has 2 heterocycles. The van der Waals surface area contributed by atoms with E-state index in [1.54, 1.807) is 6.07 Å². The molecule has 0 aliphatic heterocycles. The lowest BCUT2D eigenvalue weighted by Gasteiger charge is -2.23. The molecule has 3 aromatic rings. The summed E-state index contributed by atoms with van der Waals surface area (Å²) < 4.78 is 44.2. The molecular formula is C25H33F2IN4O3SSi. The Balaban J connectivity index is 1.75. The van der Waals surface area contributed by atoms with Gasteiger partial charge in [-0.1, -0.05) is 33.5 Å². The van der Waals surface area contributed by atoms with E-state index < -0.39 is 30.9 Å². The Kier molecular flexibility index (Phi) is 9.89. The van der Waals surface area contributed by atoms with E-state index in [9.17, 15) is 13.9 Å². The van der Waals surface area contributed by atoms with Crippen LogP contribution in [-0.4, -0.2) is 47.6 Å². The number of nitrogens with one attached hydrogen (secondary N) is 2. The zero-order valence-electron chi connectivity index (χ0n) is 21.6. The molecular weight excluding hydrogens is 629 g/mol. The lowest BCUT2D eigenvalue weighted by atomic mass is 9.95. The first-order valence-corrected chi connectivity index (χ1v) is 17.0. The fourth-order valence-electron chi connectivity index (χ4n) is 3.25. The number of benzene rings is 1. The number of ether oxygens (including phenoxy) is 2. The monoisotopic (exact) mass is 662 g/mol. The highest BCUT2D eigenvalue weighted by atomic mass is 127. The van der Waals surface area contributed by atoms with Gasteiger partial charge >= 0.3 is 0 Å². The first-order chi connectivity index (χ1) is 17.3. The van der Waals surface area contributed by atoms with Gasteiger partial charge in [0.2, 0.25) is 0 Å². The maximum Gasteiger partial charge on any atom is 0.198 e. The van der Waals surface area contributed by atoms with Crippen LogP contribution >= 0.6 is 34.8 Å². The molecule has 0 spiro atoms. The van der Waals surface area contributed by atoms with Crippen molar-refractivity contribution < 1.29 is 23.4 Å². The maximum absolute atomic E-state index is 14.9. The van der Waals surface area contributed by atoms with Crippen LogP contribution in [0.15, 0.2) is 30.6 Å². The molecule has 1 aromatic carbocycles. The summed E-state index contributed by atoms with van der Waals surface area (Å²) in [7, 11) is -1.20. The summed E-state index contributed by atoms with van der Waals surface area (Å²) in [6.45, 7) is 12.0. The summed E-state index contributed by atoms with van der Waals surface area (Å²) in [4.78, 5) is 4.44. The van der Waals surface area contributed by atoms with Gasteiger partial charge in [0.1, 0.15) is 18.1 Å². The van der Waals surface area contributed by atoms with E-state index in [1.165, 1.54) is 6.20 Å². The number of thiocarbonyl (C=S) groups is 1. The molecule has 0 amide bonds. The number of nitrogens with zero attached hydrogens (tertiary/aromatic N) is 2. The van der Waals surface area contributed by atoms with Crippen LogP contribution in [0.2, 0.25) is 25.7 Å². The molecule has 0 aliphatic rings. The molecule has 0 bridgehead atoms. The third-order valence-electron chi connectivity index (χ3n) is 5.52. The second kappa shape index (κ2) is 12.3. The Morgan fingerprint density at radius 2 is 1.92 bits per heavy atom. The number of pyridine rings is 1. The first kappa shape index (κ1) is 29.7. The minimum Gasteiger partial charge on any atom is -0.450 e. The van der Waals surface area contributed by atoms with Crippen molar-refractivity contribution in [3.05, 3.63) is 45.8 Å². The van der Waals surface area contributed by atoms with Crippen molar-refractivity contribution in [2.24, 2.45) is 5.41 Å². The molecule has 0 aliphatic carbocycles. The quantitative estimate of drug-likeness (QED) is 0.0959. The minimum atomic E-state index is -1.20. The van der Waals surface area contributed by atoms with Crippen LogP contribution in [0, 0.1) is 20.6 Å². The van der Waals surface area contributed by atoms with Gasteiger partial charge in [-0.15, -0.1) is 0 Å². The van der Waals surface area contributed by atoms with Gasteiger partial charge in [0.25, 0.3) is 0 Å². The number of anilines is 1. The Labute approximate surface area is 236 Å². The molecule has 12 heteroatoms. The maximum atomic E-state index is 14.9. The van der Waals surface area contributed by atoms with Gasteiger partial charge in [-0.05, 0) is 46.9 Å². The Bertz CT molecular complexity index is 1240. The topological polar surface area (TPSA) is 80.6 Å². The van der Waals surface area contributed by atoms with E-state index in [-0.39, 0.29) is 23.2 Å². The standard InChI is InChI=1S/C25H33F2IN4O3SSi/c1-25(2,14-33)13-30-24(36)31-16-10-17(26)22(18(27)11-16)35-20-6-7-29-23-21(20)19(28)12-32(23)15-34-8-9-37(3,4)5/h6-7,10-12,33H,8-9,13-15H2,1-5H3,(H2,30,31,36). The summed E-state index contributed by atoms with van der Waals surface area (Å²) in [5.74, 6) is -1.99. The third kappa shape index (κ3) is 8.30. The fraction of sp³-hybridized carbons (Fsp3) is 0.440. The molecule has 7 nitrogen and oxygen atoms in total. The van der Waals surface area contributed by atoms with E-state index in [0.29, 0.717) is 30.9 Å². The summed E-state index contributed by atoms with van der Waals surface area (Å²) in [6.07, 6.45) is 3.42. The number of aliphatic hydroxyl groups excluding tert-OH is 1. The number of hydrogen-bond acceptors (Lipinski definition) is 5. The van der Waals surface area contributed by atoms with Crippen molar-refractivity contribution in [3.8, 4) is 11.5 Å². The Hall–Kier alpha value is -1.87. The van der Waals surface area contributed by atoms with Gasteiger partial charge in [0.15, 0.2) is 22.5 Å². The smallest absolute Gasteiger partial charge is 0.198 e. The summed E-state index contributed by atoms with van der Waals surface area (Å²) in [5, 5.41) is 15.9. The van der Waals surface area contributed by atoms with Crippen molar-refractivity contribution in [1.82, 2.24) is 14.9 Å². The second-order valence-electron chi connectivity index (χ2n) is 10.8. The summed E-state index contributed by atoms with van der Waals surface area (Å²) in [5.41, 5.74) is 0.348. The summed E-state index contributed by atoms with van der Waals surface area (Å²) >= 11 is 7.35. The Morgan fingerprint density at radius 3 is 2.54 bits per heavy atom. The third-order valence-corrected chi connectivity index (χ3v) is 8.29. The normalized spacial score (nSPS) is 12.1. The zero-order valence-corrected chi connectivity index (χ0v) is 25.6. The van der Waals surface area contributed by atoms with E-state index in [2.05, 4.69) is 57.8 Å². The number of halogens is 3. The molecule has 0 saturated heterocycles. The SMILES string of the molecule is CC(C)(CO)CNC(=S)Nc1cc(F)c(Oc2ccnc3c2c(I)cn3COCC[Si](C)(C)C)c(F)c1. The van der Waals surface area contributed by atoms with Crippen molar-refractivity contribution in [2.45, 2.75) is 46.3 Å². The molecule has 37 heavy (non-hydrogen) atoms. The van der Waals surface area contributed by atoms with Gasteiger partial charge in [-0.25, -0.2) is 13.8 Å². The molecule has 0 unspecified atom stereocenters. The molecule has 0 fully saturated rings. The van der Waals surface area contributed by atoms with Crippen LogP contribution in [0.1, 0.15) is 13.8 Å². The van der Waals surface area contributed by atoms with Gasteiger partial charge in [-0.2, -0.15) is 0 Å².